The van der Waals surface area contributed by atoms with Gasteiger partial charge >= 0.3 is 11.8 Å². The molecule has 1 amide bonds. The highest BCUT2D eigenvalue weighted by atomic mass is 79.9. The van der Waals surface area contributed by atoms with Crippen molar-refractivity contribution in [1.29, 1.82) is 0 Å². The molecule has 1 aromatic heterocycles. The summed E-state index contributed by atoms with van der Waals surface area (Å²) in [4.78, 5) is 37.6. The first-order valence-electron chi connectivity index (χ1n) is 9.24. The molecule has 0 saturated carbocycles. The van der Waals surface area contributed by atoms with Crippen LogP contribution in [0.15, 0.2) is 32.3 Å². The molecule has 164 valence electrons. The SMILES string of the molecule is Cc1c(Br)c(=O)n(C(C)CNC(=O)OC(C)(C)C)c(=O)n1Cc1c(F)cccc1F. The predicted octanol–water partition coefficient (Wildman–Crippen LogP) is 3.49. The molecule has 10 heteroatoms. The Balaban J connectivity index is 2.41. The highest BCUT2D eigenvalue weighted by molar-refractivity contribution is 9.10. The second kappa shape index (κ2) is 9.11. The zero-order valence-electron chi connectivity index (χ0n) is 17.4. The normalized spacial score (nSPS) is 12.5. The van der Waals surface area contributed by atoms with Crippen molar-refractivity contribution in [3.8, 4) is 0 Å². The van der Waals surface area contributed by atoms with Crippen molar-refractivity contribution in [3.05, 3.63) is 66.4 Å². The number of halogens is 3. The lowest BCUT2D eigenvalue weighted by Gasteiger charge is -2.22. The topological polar surface area (TPSA) is 82.3 Å². The minimum absolute atomic E-state index is 0.0619. The number of carbonyl (C=O) groups is 1. The number of rotatable bonds is 5. The van der Waals surface area contributed by atoms with Gasteiger partial charge in [-0.2, -0.15) is 0 Å². The Bertz CT molecular complexity index is 1050. The molecule has 0 aliphatic carbocycles. The first kappa shape index (κ1) is 23.8. The summed E-state index contributed by atoms with van der Waals surface area (Å²) >= 11 is 3.16. The van der Waals surface area contributed by atoms with Crippen LogP contribution in [0.5, 0.6) is 0 Å². The Morgan fingerprint density at radius 3 is 2.33 bits per heavy atom. The molecule has 30 heavy (non-hydrogen) atoms. The van der Waals surface area contributed by atoms with Crippen LogP contribution in [0.4, 0.5) is 13.6 Å². The number of hydrogen-bond donors (Lipinski definition) is 1. The van der Waals surface area contributed by atoms with Gasteiger partial charge in [-0.3, -0.25) is 13.9 Å². The van der Waals surface area contributed by atoms with E-state index < -0.39 is 47.2 Å². The molecule has 0 bridgehead atoms. The van der Waals surface area contributed by atoms with E-state index in [0.29, 0.717) is 0 Å². The van der Waals surface area contributed by atoms with Crippen molar-refractivity contribution in [1.82, 2.24) is 14.5 Å². The average molecular weight is 488 g/mol. The fourth-order valence-electron chi connectivity index (χ4n) is 2.79. The monoisotopic (exact) mass is 487 g/mol. The number of hydrogen-bond acceptors (Lipinski definition) is 4. The maximum absolute atomic E-state index is 14.1. The van der Waals surface area contributed by atoms with E-state index >= 15 is 0 Å². The molecule has 0 fully saturated rings. The van der Waals surface area contributed by atoms with E-state index in [-0.39, 0.29) is 22.3 Å². The van der Waals surface area contributed by atoms with E-state index in [1.54, 1.807) is 27.7 Å². The third-order valence-electron chi connectivity index (χ3n) is 4.33. The van der Waals surface area contributed by atoms with Crippen molar-refractivity contribution in [2.75, 3.05) is 6.54 Å². The Hall–Kier alpha value is -2.49. The van der Waals surface area contributed by atoms with Crippen LogP contribution in [0.1, 0.15) is 45.0 Å². The van der Waals surface area contributed by atoms with E-state index in [9.17, 15) is 23.2 Å². The first-order chi connectivity index (χ1) is 13.8. The summed E-state index contributed by atoms with van der Waals surface area (Å²) in [5.74, 6) is -1.59. The molecule has 0 radical (unpaired) electrons. The van der Waals surface area contributed by atoms with Crippen LogP contribution in [-0.2, 0) is 11.3 Å². The third-order valence-corrected chi connectivity index (χ3v) is 5.24. The Labute approximate surface area is 180 Å². The minimum atomic E-state index is -0.796. The van der Waals surface area contributed by atoms with E-state index in [2.05, 4.69) is 21.2 Å². The highest BCUT2D eigenvalue weighted by Crippen LogP contribution is 2.16. The van der Waals surface area contributed by atoms with E-state index in [4.69, 9.17) is 4.74 Å². The number of alkyl carbamates (subject to hydrolysis) is 1. The van der Waals surface area contributed by atoms with Crippen LogP contribution in [0.3, 0.4) is 0 Å². The van der Waals surface area contributed by atoms with Crippen molar-refractivity contribution in [3.63, 3.8) is 0 Å². The van der Waals surface area contributed by atoms with Gasteiger partial charge < -0.3 is 10.1 Å². The minimum Gasteiger partial charge on any atom is -0.444 e. The Morgan fingerprint density at radius 1 is 1.23 bits per heavy atom. The quantitative estimate of drug-likeness (QED) is 0.699. The van der Waals surface area contributed by atoms with E-state index in [0.717, 1.165) is 21.3 Å². The molecule has 0 spiro atoms. The second-order valence-corrected chi connectivity index (χ2v) is 8.67. The average Bonchev–Trinajstić information content (AvgIpc) is 2.62. The molecule has 0 saturated heterocycles. The van der Waals surface area contributed by atoms with Gasteiger partial charge in [0.05, 0.1) is 12.6 Å². The van der Waals surface area contributed by atoms with Gasteiger partial charge in [0.2, 0.25) is 0 Å². The summed E-state index contributed by atoms with van der Waals surface area (Å²) < 4.78 is 35.4. The fraction of sp³-hybridized carbons (Fsp3) is 0.450. The summed E-state index contributed by atoms with van der Waals surface area (Å²) in [5.41, 5.74) is -2.12. The highest BCUT2D eigenvalue weighted by Gasteiger charge is 2.22. The van der Waals surface area contributed by atoms with E-state index in [1.807, 2.05) is 0 Å². The lowest BCUT2D eigenvalue weighted by atomic mass is 10.2. The predicted molar refractivity (Wildman–Crippen MR) is 112 cm³/mol. The molecule has 1 N–H and O–H groups in total. The van der Waals surface area contributed by atoms with Crippen LogP contribution in [0.2, 0.25) is 0 Å². The van der Waals surface area contributed by atoms with Crippen LogP contribution < -0.4 is 16.6 Å². The molecule has 1 atom stereocenters. The largest absolute Gasteiger partial charge is 0.444 e. The molecule has 2 rings (SSSR count). The van der Waals surface area contributed by atoms with Gasteiger partial charge in [0.15, 0.2) is 0 Å². The third kappa shape index (κ3) is 5.35. The number of carbonyl (C=O) groups excluding carboxylic acids is 1. The zero-order chi connectivity index (χ0) is 22.8. The molecule has 0 aliphatic heterocycles. The molecular weight excluding hydrogens is 464 g/mol. The van der Waals surface area contributed by atoms with Gasteiger partial charge in [-0.25, -0.2) is 18.4 Å². The van der Waals surface area contributed by atoms with Crippen molar-refractivity contribution in [2.45, 2.75) is 52.8 Å². The lowest BCUT2D eigenvalue weighted by Crippen LogP contribution is -2.46. The molecule has 7 nitrogen and oxygen atoms in total. The summed E-state index contributed by atoms with van der Waals surface area (Å²) in [6.45, 7) is 7.73. The number of amides is 1. The van der Waals surface area contributed by atoms with Crippen LogP contribution in [-0.4, -0.2) is 27.4 Å². The zero-order valence-corrected chi connectivity index (χ0v) is 19.0. The fourth-order valence-corrected chi connectivity index (χ4v) is 3.20. The molecule has 2 aromatic rings. The Kier molecular flexibility index (Phi) is 7.23. The first-order valence-corrected chi connectivity index (χ1v) is 10.0. The number of benzene rings is 1. The van der Waals surface area contributed by atoms with Crippen LogP contribution in [0, 0.1) is 18.6 Å². The lowest BCUT2D eigenvalue weighted by molar-refractivity contribution is 0.0520. The molecule has 1 unspecified atom stereocenters. The maximum Gasteiger partial charge on any atom is 0.407 e. The van der Waals surface area contributed by atoms with E-state index in [1.165, 1.54) is 13.0 Å². The van der Waals surface area contributed by atoms with Gasteiger partial charge in [-0.05, 0) is 62.7 Å². The molecule has 1 aromatic carbocycles. The van der Waals surface area contributed by atoms with Gasteiger partial charge in [0.1, 0.15) is 21.7 Å². The van der Waals surface area contributed by atoms with Gasteiger partial charge in [-0.1, -0.05) is 6.07 Å². The summed E-state index contributed by atoms with van der Waals surface area (Å²) in [7, 11) is 0. The number of ether oxygens (including phenoxy) is 1. The molecule has 1 heterocycles. The van der Waals surface area contributed by atoms with Crippen LogP contribution >= 0.6 is 15.9 Å². The standard InChI is InChI=1S/C20H24BrF2N3O4/c1-11(9-24-18(28)30-20(3,4)5)26-17(27)16(21)12(2)25(19(26)29)10-13-14(22)7-6-8-15(13)23/h6-8,11H,9-10H2,1-5H3,(H,24,28). The van der Waals surface area contributed by atoms with Crippen LogP contribution in [0.25, 0.3) is 0 Å². The smallest absolute Gasteiger partial charge is 0.407 e. The number of aromatic nitrogens is 2. The molecular formula is C20H24BrF2N3O4. The van der Waals surface area contributed by atoms with Crippen molar-refractivity contribution < 1.29 is 18.3 Å². The number of nitrogens with zero attached hydrogens (tertiary/aromatic N) is 2. The Morgan fingerprint density at radius 2 is 1.80 bits per heavy atom. The number of nitrogens with one attached hydrogen (secondary N) is 1. The van der Waals surface area contributed by atoms with Crippen molar-refractivity contribution >= 4 is 22.0 Å². The van der Waals surface area contributed by atoms with Gasteiger partial charge in [0, 0.05) is 17.8 Å². The van der Waals surface area contributed by atoms with Gasteiger partial charge in [0.25, 0.3) is 5.56 Å². The summed E-state index contributed by atoms with van der Waals surface area (Å²) in [6, 6.07) is 2.67. The van der Waals surface area contributed by atoms with Gasteiger partial charge in [-0.15, -0.1) is 0 Å². The molecule has 0 aliphatic rings. The summed E-state index contributed by atoms with van der Waals surface area (Å²) in [6.07, 6.45) is -0.692. The summed E-state index contributed by atoms with van der Waals surface area (Å²) in [5, 5.41) is 2.51. The second-order valence-electron chi connectivity index (χ2n) is 7.88. The maximum atomic E-state index is 14.1. The van der Waals surface area contributed by atoms with Crippen molar-refractivity contribution in [2.24, 2.45) is 0 Å².